The Morgan fingerprint density at radius 2 is 1.96 bits per heavy atom. The summed E-state index contributed by atoms with van der Waals surface area (Å²) in [5.41, 5.74) is 0.675. The number of nitro benzene ring substituents is 1. The van der Waals surface area contributed by atoms with Gasteiger partial charge in [0, 0.05) is 29.2 Å². The highest BCUT2D eigenvalue weighted by Gasteiger charge is 2.18. The van der Waals surface area contributed by atoms with Gasteiger partial charge in [0.25, 0.3) is 5.69 Å². The molecule has 0 aliphatic heterocycles. The molecule has 28 heavy (non-hydrogen) atoms. The number of H-pyrrole nitrogens is 1. The molecule has 0 atom stereocenters. The second-order valence-electron chi connectivity index (χ2n) is 6.37. The molecule has 3 rings (SSSR count). The molecule has 0 unspecified atom stereocenters. The minimum atomic E-state index is -3.72. The average molecular weight is 402 g/mol. The van der Waals surface area contributed by atoms with Crippen molar-refractivity contribution in [1.29, 1.82) is 0 Å². The zero-order chi connectivity index (χ0) is 20.5. The quantitative estimate of drug-likeness (QED) is 0.330. The van der Waals surface area contributed by atoms with E-state index in [1.807, 2.05) is 0 Å². The van der Waals surface area contributed by atoms with Crippen LogP contribution in [-0.2, 0) is 10.0 Å². The Balaban J connectivity index is 2.08. The number of sulfonamides is 1. The number of rotatable bonds is 6. The maximum Gasteiger partial charge on any atom is 0.294 e. The minimum Gasteiger partial charge on any atom is -0.494 e. The molecule has 0 saturated heterocycles. The Bertz CT molecular complexity index is 1180. The highest BCUT2D eigenvalue weighted by molar-refractivity contribution is 7.89. The lowest BCUT2D eigenvalue weighted by atomic mass is 10.2. The van der Waals surface area contributed by atoms with Gasteiger partial charge in [-0.15, -0.1) is 0 Å². The molecule has 0 bridgehead atoms. The number of benzene rings is 2. The molecule has 2 aromatic carbocycles. The molecule has 0 aliphatic rings. The van der Waals surface area contributed by atoms with Crippen LogP contribution in [0.3, 0.4) is 0 Å². The molecule has 0 aliphatic carbocycles. The summed E-state index contributed by atoms with van der Waals surface area (Å²) >= 11 is 0. The molecular weight excluding hydrogens is 384 g/mol. The van der Waals surface area contributed by atoms with Crippen LogP contribution < -0.4 is 4.72 Å². The van der Waals surface area contributed by atoms with E-state index in [4.69, 9.17) is 0 Å². The molecule has 3 N–H and O–H groups in total. The van der Waals surface area contributed by atoms with Gasteiger partial charge >= 0.3 is 0 Å². The Kier molecular flexibility index (Phi) is 5.16. The van der Waals surface area contributed by atoms with Crippen molar-refractivity contribution in [3.63, 3.8) is 0 Å². The first kappa shape index (κ1) is 19.5. The molecule has 9 nitrogen and oxygen atoms in total. The molecule has 0 fully saturated rings. The van der Waals surface area contributed by atoms with Crippen LogP contribution >= 0.6 is 0 Å². The van der Waals surface area contributed by atoms with Crippen LogP contribution in [0.5, 0.6) is 5.88 Å². The predicted molar refractivity (Wildman–Crippen MR) is 106 cm³/mol. The first-order valence-electron chi connectivity index (χ1n) is 8.33. The molecule has 0 amide bonds. The third-order valence-corrected chi connectivity index (χ3v) is 5.56. The summed E-state index contributed by atoms with van der Waals surface area (Å²) in [6, 6.07) is 10.0. The second kappa shape index (κ2) is 7.41. The topological polar surface area (TPSA) is 138 Å². The van der Waals surface area contributed by atoms with Gasteiger partial charge in [0.05, 0.1) is 15.4 Å². The first-order chi connectivity index (χ1) is 13.2. The molecule has 146 valence electrons. The lowest BCUT2D eigenvalue weighted by Crippen LogP contribution is -2.30. The summed E-state index contributed by atoms with van der Waals surface area (Å²) in [6.45, 7) is 3.42. The number of aromatic amines is 1. The van der Waals surface area contributed by atoms with Crippen molar-refractivity contribution in [2.24, 2.45) is 4.99 Å². The van der Waals surface area contributed by atoms with Gasteiger partial charge in [-0.05, 0) is 38.1 Å². The minimum absolute atomic E-state index is 0.0352. The lowest BCUT2D eigenvalue weighted by molar-refractivity contribution is -0.384. The fourth-order valence-corrected chi connectivity index (χ4v) is 3.99. The molecule has 10 heteroatoms. The number of hydrogen-bond acceptors (Lipinski definition) is 6. The number of para-hydroxylation sites is 2. The zero-order valence-corrected chi connectivity index (χ0v) is 15.9. The molecule has 0 spiro atoms. The number of hydrogen-bond donors (Lipinski definition) is 3. The van der Waals surface area contributed by atoms with Crippen molar-refractivity contribution in [2.45, 2.75) is 24.8 Å². The van der Waals surface area contributed by atoms with Crippen LogP contribution in [0.25, 0.3) is 10.9 Å². The number of nitro groups is 1. The van der Waals surface area contributed by atoms with E-state index < -0.39 is 14.9 Å². The molecule has 3 aromatic rings. The average Bonchev–Trinajstić information content (AvgIpc) is 2.93. The normalized spacial score (nSPS) is 12.2. The van der Waals surface area contributed by atoms with Crippen molar-refractivity contribution >= 4 is 38.5 Å². The second-order valence-corrected chi connectivity index (χ2v) is 8.09. The van der Waals surface area contributed by atoms with Gasteiger partial charge in [0.15, 0.2) is 5.88 Å². The van der Waals surface area contributed by atoms with Crippen LogP contribution in [0.15, 0.2) is 52.4 Å². The van der Waals surface area contributed by atoms with Crippen molar-refractivity contribution < 1.29 is 18.4 Å². The van der Waals surface area contributed by atoms with Gasteiger partial charge in [0.2, 0.25) is 10.0 Å². The summed E-state index contributed by atoms with van der Waals surface area (Å²) < 4.78 is 27.3. The van der Waals surface area contributed by atoms with Crippen LogP contribution in [-0.4, -0.2) is 35.7 Å². The Morgan fingerprint density at radius 3 is 2.64 bits per heavy atom. The summed E-state index contributed by atoms with van der Waals surface area (Å²) in [4.78, 5) is 17.4. The van der Waals surface area contributed by atoms with Gasteiger partial charge in [-0.3, -0.25) is 10.1 Å². The molecule has 1 aromatic heterocycles. The summed E-state index contributed by atoms with van der Waals surface area (Å²) in [5, 5.41) is 21.7. The van der Waals surface area contributed by atoms with Gasteiger partial charge in [-0.25, -0.2) is 18.1 Å². The number of nitrogens with zero attached hydrogens (tertiary/aromatic N) is 2. The molecule has 0 radical (unpaired) electrons. The Morgan fingerprint density at radius 1 is 1.25 bits per heavy atom. The maximum atomic E-state index is 12.4. The number of aromatic nitrogens is 1. The monoisotopic (exact) mass is 402 g/mol. The van der Waals surface area contributed by atoms with Gasteiger partial charge in [-0.1, -0.05) is 12.1 Å². The fraction of sp³-hybridized carbons (Fsp3) is 0.167. The predicted octanol–water partition coefficient (Wildman–Crippen LogP) is 3.22. The number of aromatic hydroxyl groups is 1. The third-order valence-electron chi connectivity index (χ3n) is 3.90. The van der Waals surface area contributed by atoms with E-state index in [9.17, 15) is 23.6 Å². The van der Waals surface area contributed by atoms with E-state index in [1.165, 1.54) is 42.6 Å². The molecular formula is C18H18N4O5S. The van der Waals surface area contributed by atoms with Crippen LogP contribution in [0, 0.1) is 10.1 Å². The highest BCUT2D eigenvalue weighted by atomic mass is 32.2. The van der Waals surface area contributed by atoms with E-state index in [0.29, 0.717) is 10.9 Å². The SMILES string of the molecule is CC(C)NS(=O)(=O)c1ccc2[nH]c(O)c(C=Nc3ccccc3[N+](=O)[O-])c2c1. The summed E-state index contributed by atoms with van der Waals surface area (Å²) in [5.74, 6) is -0.219. The van der Waals surface area contributed by atoms with E-state index in [1.54, 1.807) is 19.9 Å². The van der Waals surface area contributed by atoms with Crippen molar-refractivity contribution in [2.75, 3.05) is 0 Å². The Labute approximate surface area is 160 Å². The number of aliphatic imine (C=N–C) groups is 1. The Hall–Kier alpha value is -3.24. The van der Waals surface area contributed by atoms with Crippen LogP contribution in [0.2, 0.25) is 0 Å². The number of fused-ring (bicyclic) bond motifs is 1. The van der Waals surface area contributed by atoms with Crippen molar-refractivity contribution in [3.05, 3.63) is 58.1 Å². The summed E-state index contributed by atoms with van der Waals surface area (Å²) in [6.07, 6.45) is 1.27. The number of nitrogens with one attached hydrogen (secondary N) is 2. The molecule has 0 saturated carbocycles. The largest absolute Gasteiger partial charge is 0.494 e. The first-order valence-corrected chi connectivity index (χ1v) is 9.82. The third kappa shape index (κ3) is 3.87. The highest BCUT2D eigenvalue weighted by Crippen LogP contribution is 2.30. The van der Waals surface area contributed by atoms with Crippen molar-refractivity contribution in [1.82, 2.24) is 9.71 Å². The van der Waals surface area contributed by atoms with Crippen LogP contribution in [0.1, 0.15) is 19.4 Å². The standard InChI is InChI=1S/C18H18N4O5S/c1-11(2)21-28(26,27)12-7-8-15-13(9-12)14(18(23)20-15)10-19-16-5-3-4-6-17(16)22(24)25/h3-11,20-21,23H,1-2H3. The van der Waals surface area contributed by atoms with Gasteiger partial charge < -0.3 is 10.1 Å². The maximum absolute atomic E-state index is 12.4. The van der Waals surface area contributed by atoms with E-state index >= 15 is 0 Å². The van der Waals surface area contributed by atoms with E-state index in [0.717, 1.165) is 0 Å². The fourth-order valence-electron chi connectivity index (χ4n) is 2.72. The van der Waals surface area contributed by atoms with Gasteiger partial charge in [0.1, 0.15) is 5.69 Å². The zero-order valence-electron chi connectivity index (χ0n) is 15.1. The molecule has 1 heterocycles. The van der Waals surface area contributed by atoms with E-state index in [2.05, 4.69) is 14.7 Å². The van der Waals surface area contributed by atoms with Crippen LogP contribution in [0.4, 0.5) is 11.4 Å². The van der Waals surface area contributed by atoms with E-state index in [-0.39, 0.29) is 33.8 Å². The summed E-state index contributed by atoms with van der Waals surface area (Å²) in [7, 11) is -3.72. The van der Waals surface area contributed by atoms with Crippen molar-refractivity contribution in [3.8, 4) is 5.88 Å². The lowest BCUT2D eigenvalue weighted by Gasteiger charge is -2.09. The van der Waals surface area contributed by atoms with Gasteiger partial charge in [-0.2, -0.15) is 0 Å². The smallest absolute Gasteiger partial charge is 0.294 e.